The van der Waals surface area contributed by atoms with Crippen LogP contribution in [0, 0.1) is 23.7 Å². The van der Waals surface area contributed by atoms with Gasteiger partial charge in [0, 0.05) is 6.54 Å². The Morgan fingerprint density at radius 2 is 0.838 bits per heavy atom. The first kappa shape index (κ1) is 73.3. The molecule has 28 nitrogen and oxygen atoms in total. The van der Waals surface area contributed by atoms with Crippen molar-refractivity contribution in [1.29, 1.82) is 0 Å². The van der Waals surface area contributed by atoms with E-state index in [1.54, 1.807) is 27.7 Å². The molecule has 80 heavy (non-hydrogen) atoms. The van der Waals surface area contributed by atoms with Gasteiger partial charge < -0.3 is 86.9 Å². The maximum absolute atomic E-state index is 14.0. The molecule has 0 aliphatic heterocycles. The molecule has 11 atom stereocenters. The van der Waals surface area contributed by atoms with Crippen LogP contribution < -0.4 is 81.8 Å². The minimum absolute atomic E-state index is 0.00221. The lowest BCUT2D eigenvalue weighted by Crippen LogP contribution is -2.60. The van der Waals surface area contributed by atoms with Crippen LogP contribution in [0.5, 0.6) is 0 Å². The largest absolute Gasteiger partial charge is 0.480 e. The lowest BCUT2D eigenvalue weighted by molar-refractivity contribution is -0.142. The van der Waals surface area contributed by atoms with Crippen molar-refractivity contribution >= 4 is 71.0 Å². The summed E-state index contributed by atoms with van der Waals surface area (Å²) in [6.45, 7) is 16.8. The highest BCUT2D eigenvalue weighted by Gasteiger charge is 2.35. The second kappa shape index (κ2) is 39.7. The number of amides is 10. The van der Waals surface area contributed by atoms with Crippen molar-refractivity contribution in [3.63, 3.8) is 0 Å². The van der Waals surface area contributed by atoms with Crippen molar-refractivity contribution < 1.29 is 57.8 Å². The van der Waals surface area contributed by atoms with Crippen LogP contribution in [0.2, 0.25) is 0 Å². The van der Waals surface area contributed by atoms with Crippen molar-refractivity contribution in [2.24, 2.45) is 57.3 Å². The number of carboxylic acid groups (broad SMARTS) is 1. The zero-order chi connectivity index (χ0) is 61.2. The molecule has 0 aliphatic carbocycles. The van der Waals surface area contributed by atoms with Gasteiger partial charge in [0.05, 0.1) is 19.1 Å². The fourth-order valence-corrected chi connectivity index (χ4v) is 7.90. The number of rotatable bonds is 41. The maximum atomic E-state index is 14.0. The molecule has 0 rings (SSSR count). The lowest BCUT2D eigenvalue weighted by Gasteiger charge is -2.29. The summed E-state index contributed by atoms with van der Waals surface area (Å²) < 4.78 is 0. The molecule has 0 saturated carbocycles. The van der Waals surface area contributed by atoms with Gasteiger partial charge in [-0.25, -0.2) is 4.79 Å². The van der Waals surface area contributed by atoms with Crippen molar-refractivity contribution in [2.75, 3.05) is 32.7 Å². The Balaban J connectivity index is 6.00. The minimum Gasteiger partial charge on any atom is -0.480 e. The molecular formula is C52H98N16O12. The van der Waals surface area contributed by atoms with E-state index < -0.39 is 144 Å². The molecule has 458 valence electrons. The van der Waals surface area contributed by atoms with Crippen LogP contribution in [0.1, 0.15) is 146 Å². The Hall–Kier alpha value is -6.68. The van der Waals surface area contributed by atoms with Gasteiger partial charge in [0.25, 0.3) is 0 Å². The summed E-state index contributed by atoms with van der Waals surface area (Å²) in [5.74, 6) is -9.76. The average molecular weight is 1140 g/mol. The maximum Gasteiger partial charge on any atom is 0.326 e. The number of guanidine groups is 1. The number of hydrogen-bond donors (Lipinski definition) is 16. The smallest absolute Gasteiger partial charge is 0.326 e. The number of carboxylic acids is 1. The summed E-state index contributed by atoms with van der Waals surface area (Å²) in [7, 11) is 0. The number of nitrogens with zero attached hydrogens (tertiary/aromatic N) is 1. The minimum atomic E-state index is -1.30. The average Bonchev–Trinajstić information content (AvgIpc) is 3.39. The third kappa shape index (κ3) is 30.1. The van der Waals surface area contributed by atoms with Crippen LogP contribution in [0.3, 0.4) is 0 Å². The first-order valence-corrected chi connectivity index (χ1v) is 27.9. The molecule has 0 aliphatic rings. The van der Waals surface area contributed by atoms with E-state index in [-0.39, 0.29) is 63.0 Å². The van der Waals surface area contributed by atoms with E-state index in [4.69, 9.17) is 28.7 Å². The Kier molecular flexibility index (Phi) is 36.3. The standard InChI is InChI=1S/C52H98N16O12/c1-11-30(7)41(67-43(71)32(9)61-39(69)26-59-45(73)34(55)18-13-15-21-53)49(77)65-37(24-28(3)4)47(75)63-35(19-14-16-22-54)46(74)60-27-40(70)62-33(10)44(72)68-42(31(8)12-2)50(78)66-38(25-29(5)6)48(76)64-36(51(79)80)20-17-23-58-52(56)57/h28-38,41-42H,11-27,53-55H2,1-10H3,(H,59,73)(H,60,74)(H,61,69)(H,62,70)(H,63,75)(H,64,76)(H,65,77)(H,66,78)(H,67,71)(H,68,72)(H,79,80)(H4,56,57,58)/t30-,31-,32-,33-,34-,35-,36-,37-,38-,41-,42-/m0/s1. The van der Waals surface area contributed by atoms with Gasteiger partial charge >= 0.3 is 5.97 Å². The predicted molar refractivity (Wildman–Crippen MR) is 302 cm³/mol. The molecule has 0 unspecified atom stereocenters. The molecule has 0 spiro atoms. The molecule has 28 heteroatoms. The molecule has 0 radical (unpaired) electrons. The van der Waals surface area contributed by atoms with Gasteiger partial charge in [-0.1, -0.05) is 74.7 Å². The van der Waals surface area contributed by atoms with Crippen molar-refractivity contribution in [1.82, 2.24) is 53.2 Å². The van der Waals surface area contributed by atoms with Crippen molar-refractivity contribution in [2.45, 2.75) is 201 Å². The number of unbranched alkanes of at least 4 members (excludes halogenated alkanes) is 2. The zero-order valence-electron chi connectivity index (χ0n) is 48.8. The molecule has 0 fully saturated rings. The summed E-state index contributed by atoms with van der Waals surface area (Å²) in [5, 5.41) is 35.6. The molecule has 0 saturated heterocycles. The second-order valence-corrected chi connectivity index (χ2v) is 21.2. The van der Waals surface area contributed by atoms with Crippen LogP contribution in [0.25, 0.3) is 0 Å². The van der Waals surface area contributed by atoms with Gasteiger partial charge in [-0.3, -0.25) is 52.9 Å². The fraction of sp³-hybridized carbons (Fsp3) is 0.769. The normalized spacial score (nSPS) is 15.3. The van der Waals surface area contributed by atoms with E-state index >= 15 is 0 Å². The monoisotopic (exact) mass is 1140 g/mol. The molecule has 21 N–H and O–H groups in total. The highest BCUT2D eigenvalue weighted by Crippen LogP contribution is 2.14. The molecule has 10 amide bonds. The molecule has 0 aromatic carbocycles. The SMILES string of the molecule is CC[C@H](C)[C@H](NC(=O)[C@H](C)NC(=O)CNC(=O)[C@H](CCCCN)NC(=O)[C@H](CC(C)C)NC(=O)[C@@H](NC(=O)[C@H](C)NC(=O)CNC(=O)[C@@H](N)CCCCN)[C@@H](C)CC)C(=O)N[C@@H](CC(C)C)C(=O)N[C@@H](CCCN=C(N)N)C(=O)O. The summed E-state index contributed by atoms with van der Waals surface area (Å²) in [4.78, 5) is 150. The predicted octanol–water partition coefficient (Wildman–Crippen LogP) is -2.96. The summed E-state index contributed by atoms with van der Waals surface area (Å²) in [6, 6.07) is -10.4. The van der Waals surface area contributed by atoms with Gasteiger partial charge in [-0.15, -0.1) is 0 Å². The van der Waals surface area contributed by atoms with E-state index in [2.05, 4.69) is 58.2 Å². The highest BCUT2D eigenvalue weighted by molar-refractivity contribution is 5.98. The van der Waals surface area contributed by atoms with Crippen LogP contribution in [0.15, 0.2) is 4.99 Å². The number of hydrogen-bond acceptors (Lipinski definition) is 15. The number of nitrogens with one attached hydrogen (secondary N) is 10. The zero-order valence-corrected chi connectivity index (χ0v) is 48.8. The second-order valence-electron chi connectivity index (χ2n) is 21.2. The Morgan fingerprint density at radius 1 is 0.450 bits per heavy atom. The number of nitrogens with two attached hydrogens (primary N) is 5. The van der Waals surface area contributed by atoms with Crippen LogP contribution in [-0.2, 0) is 52.7 Å². The highest BCUT2D eigenvalue weighted by atomic mass is 16.4. The van der Waals surface area contributed by atoms with Crippen LogP contribution >= 0.6 is 0 Å². The summed E-state index contributed by atoms with van der Waals surface area (Å²) in [5.41, 5.74) is 27.8. The van der Waals surface area contributed by atoms with E-state index in [0.29, 0.717) is 51.5 Å². The summed E-state index contributed by atoms with van der Waals surface area (Å²) in [6.07, 6.45) is 4.03. The Bertz CT molecular complexity index is 2040. The van der Waals surface area contributed by atoms with Gasteiger partial charge in [-0.05, 0) is 108 Å². The number of carbonyl (C=O) groups excluding carboxylic acids is 10. The molecule has 0 aromatic rings. The van der Waals surface area contributed by atoms with Crippen LogP contribution in [-0.4, -0.2) is 163 Å². The topological polar surface area (TPSA) is 471 Å². The quantitative estimate of drug-likeness (QED) is 0.0165. The van der Waals surface area contributed by atoms with E-state index in [0.717, 1.165) is 0 Å². The Labute approximate surface area is 471 Å². The molecular weight excluding hydrogens is 1040 g/mol. The number of aliphatic imine (C=N–C) groups is 1. The first-order valence-electron chi connectivity index (χ1n) is 27.9. The number of aliphatic carboxylic acids is 1. The first-order chi connectivity index (χ1) is 37.5. The van der Waals surface area contributed by atoms with Crippen molar-refractivity contribution in [3.8, 4) is 0 Å². The molecule has 0 aromatic heterocycles. The Morgan fingerprint density at radius 3 is 1.23 bits per heavy atom. The molecule has 0 bridgehead atoms. The van der Waals surface area contributed by atoms with E-state index in [1.807, 2.05) is 27.7 Å². The van der Waals surface area contributed by atoms with Gasteiger partial charge in [0.2, 0.25) is 59.1 Å². The van der Waals surface area contributed by atoms with Gasteiger partial charge in [0.15, 0.2) is 5.96 Å². The van der Waals surface area contributed by atoms with E-state index in [9.17, 15) is 57.8 Å². The third-order valence-electron chi connectivity index (χ3n) is 13.1. The van der Waals surface area contributed by atoms with Gasteiger partial charge in [0.1, 0.15) is 48.3 Å². The number of carbonyl (C=O) groups is 11. The van der Waals surface area contributed by atoms with Crippen LogP contribution in [0.4, 0.5) is 0 Å². The third-order valence-corrected chi connectivity index (χ3v) is 13.1. The fourth-order valence-electron chi connectivity index (χ4n) is 7.90. The van der Waals surface area contributed by atoms with Gasteiger partial charge in [-0.2, -0.15) is 0 Å². The lowest BCUT2D eigenvalue weighted by atomic mass is 9.96. The summed E-state index contributed by atoms with van der Waals surface area (Å²) >= 11 is 0. The molecule has 0 heterocycles. The van der Waals surface area contributed by atoms with Crippen molar-refractivity contribution in [3.05, 3.63) is 0 Å². The van der Waals surface area contributed by atoms with E-state index in [1.165, 1.54) is 13.8 Å².